The monoisotopic (exact) mass is 313 g/mol. The molecule has 1 aromatic carbocycles. The van der Waals surface area contributed by atoms with Gasteiger partial charge in [-0.1, -0.05) is 15.9 Å². The normalized spacial score (nSPS) is 18.8. The van der Waals surface area contributed by atoms with Crippen LogP contribution in [-0.2, 0) is 0 Å². The number of carbonyl (C=O) groups excluding carboxylic acids is 1. The topological polar surface area (TPSA) is 38.8 Å². The minimum absolute atomic E-state index is 0.0106. The highest BCUT2D eigenvalue weighted by atomic mass is 79.9. The highest BCUT2D eigenvalue weighted by Crippen LogP contribution is 2.27. The van der Waals surface area contributed by atoms with Crippen LogP contribution in [0, 0.1) is 0 Å². The highest BCUT2D eigenvalue weighted by molar-refractivity contribution is 9.09. The van der Waals surface area contributed by atoms with Crippen LogP contribution in [0.4, 0.5) is 0 Å². The fourth-order valence-corrected chi connectivity index (χ4v) is 2.60. The van der Waals surface area contributed by atoms with Crippen molar-refractivity contribution in [3.05, 3.63) is 23.8 Å². The van der Waals surface area contributed by atoms with Crippen LogP contribution in [0.15, 0.2) is 18.2 Å². The van der Waals surface area contributed by atoms with Gasteiger partial charge >= 0.3 is 0 Å². The van der Waals surface area contributed by atoms with E-state index in [0.29, 0.717) is 21.9 Å². The standard InChI is InChI=1S/C13H16BrNO3/c1-17-10-3-4-11(12(7-10)18-2)13(16)15-6-5-9(14)8-15/h3-4,7,9H,5-6,8H2,1-2H3. The van der Waals surface area contributed by atoms with E-state index in [4.69, 9.17) is 9.47 Å². The summed E-state index contributed by atoms with van der Waals surface area (Å²) in [5, 5.41) is 0. The minimum Gasteiger partial charge on any atom is -0.497 e. The fourth-order valence-electron chi connectivity index (χ4n) is 2.05. The van der Waals surface area contributed by atoms with Crippen LogP contribution in [0.25, 0.3) is 0 Å². The molecule has 0 saturated carbocycles. The number of methoxy groups -OCH3 is 2. The van der Waals surface area contributed by atoms with Crippen molar-refractivity contribution in [1.82, 2.24) is 4.90 Å². The van der Waals surface area contributed by atoms with Crippen molar-refractivity contribution in [1.29, 1.82) is 0 Å². The second-order valence-electron chi connectivity index (χ2n) is 4.20. The van der Waals surface area contributed by atoms with E-state index in [9.17, 15) is 4.79 Å². The van der Waals surface area contributed by atoms with E-state index in [-0.39, 0.29) is 5.91 Å². The number of ether oxygens (including phenoxy) is 2. The number of hydrogen-bond acceptors (Lipinski definition) is 3. The predicted molar refractivity (Wildman–Crippen MR) is 72.8 cm³/mol. The summed E-state index contributed by atoms with van der Waals surface area (Å²) in [6.45, 7) is 1.53. The Kier molecular flexibility index (Phi) is 4.11. The molecule has 1 saturated heterocycles. The lowest BCUT2D eigenvalue weighted by atomic mass is 10.1. The Labute approximate surface area is 115 Å². The van der Waals surface area contributed by atoms with Crippen LogP contribution in [0.3, 0.4) is 0 Å². The third-order valence-corrected chi connectivity index (χ3v) is 3.80. The molecule has 0 N–H and O–H groups in total. The molecule has 1 atom stereocenters. The van der Waals surface area contributed by atoms with Gasteiger partial charge in [-0.3, -0.25) is 4.79 Å². The first-order valence-electron chi connectivity index (χ1n) is 5.81. The van der Waals surface area contributed by atoms with Crippen molar-refractivity contribution in [3.63, 3.8) is 0 Å². The van der Waals surface area contributed by atoms with Crippen molar-refractivity contribution in [2.45, 2.75) is 11.2 Å². The predicted octanol–water partition coefficient (Wildman–Crippen LogP) is 2.31. The van der Waals surface area contributed by atoms with Crippen LogP contribution < -0.4 is 9.47 Å². The van der Waals surface area contributed by atoms with Crippen LogP contribution in [0.5, 0.6) is 11.5 Å². The van der Waals surface area contributed by atoms with E-state index < -0.39 is 0 Å². The second-order valence-corrected chi connectivity index (χ2v) is 5.50. The maximum absolute atomic E-state index is 12.4. The van der Waals surface area contributed by atoms with Crippen LogP contribution >= 0.6 is 15.9 Å². The zero-order valence-corrected chi connectivity index (χ0v) is 12.1. The summed E-state index contributed by atoms with van der Waals surface area (Å²) in [4.78, 5) is 14.6. The average molecular weight is 314 g/mol. The Hall–Kier alpha value is -1.23. The van der Waals surface area contributed by atoms with Crippen LogP contribution in [0.2, 0.25) is 0 Å². The van der Waals surface area contributed by atoms with Gasteiger partial charge in [0.05, 0.1) is 19.8 Å². The van der Waals surface area contributed by atoms with E-state index in [1.54, 1.807) is 32.4 Å². The Balaban J connectivity index is 2.24. The number of nitrogens with zero attached hydrogens (tertiary/aromatic N) is 1. The Morgan fingerprint density at radius 2 is 2.17 bits per heavy atom. The SMILES string of the molecule is COc1ccc(C(=O)N2CCC(Br)C2)c(OC)c1. The third-order valence-electron chi connectivity index (χ3n) is 3.06. The van der Waals surface area contributed by atoms with Crippen molar-refractivity contribution < 1.29 is 14.3 Å². The zero-order valence-electron chi connectivity index (χ0n) is 10.5. The van der Waals surface area contributed by atoms with Gasteiger partial charge in [0.1, 0.15) is 11.5 Å². The molecule has 0 bridgehead atoms. The van der Waals surface area contributed by atoms with Gasteiger partial charge in [0.25, 0.3) is 5.91 Å². The lowest BCUT2D eigenvalue weighted by Gasteiger charge is -2.17. The van der Waals surface area contributed by atoms with Gasteiger partial charge in [-0.2, -0.15) is 0 Å². The van der Waals surface area contributed by atoms with Crippen molar-refractivity contribution >= 4 is 21.8 Å². The molecule has 1 amide bonds. The summed E-state index contributed by atoms with van der Waals surface area (Å²) in [7, 11) is 3.15. The molecule has 1 heterocycles. The molecular weight excluding hydrogens is 298 g/mol. The lowest BCUT2D eigenvalue weighted by molar-refractivity contribution is 0.0790. The summed E-state index contributed by atoms with van der Waals surface area (Å²) < 4.78 is 10.4. The zero-order chi connectivity index (χ0) is 13.1. The Morgan fingerprint density at radius 1 is 1.39 bits per heavy atom. The summed E-state index contributed by atoms with van der Waals surface area (Å²) in [5.74, 6) is 1.25. The van der Waals surface area contributed by atoms with Crippen LogP contribution in [-0.4, -0.2) is 42.9 Å². The average Bonchev–Trinajstić information content (AvgIpc) is 2.83. The summed E-state index contributed by atoms with van der Waals surface area (Å²) in [6.07, 6.45) is 0.990. The molecule has 0 aliphatic carbocycles. The smallest absolute Gasteiger partial charge is 0.257 e. The molecule has 1 aromatic rings. The van der Waals surface area contributed by atoms with E-state index in [2.05, 4.69) is 15.9 Å². The Morgan fingerprint density at radius 3 is 2.72 bits per heavy atom. The molecule has 98 valence electrons. The number of rotatable bonds is 3. The lowest BCUT2D eigenvalue weighted by Crippen LogP contribution is -2.29. The molecule has 1 aliphatic rings. The summed E-state index contributed by atoms with van der Waals surface area (Å²) >= 11 is 3.53. The maximum Gasteiger partial charge on any atom is 0.257 e. The molecule has 1 fully saturated rings. The minimum atomic E-state index is 0.0106. The van der Waals surface area contributed by atoms with E-state index in [0.717, 1.165) is 19.5 Å². The number of amides is 1. The molecule has 0 spiro atoms. The number of carbonyl (C=O) groups is 1. The molecule has 4 nitrogen and oxygen atoms in total. The fraction of sp³-hybridized carbons (Fsp3) is 0.462. The number of alkyl halides is 1. The maximum atomic E-state index is 12.4. The first-order valence-corrected chi connectivity index (χ1v) is 6.72. The number of benzene rings is 1. The van der Waals surface area contributed by atoms with Gasteiger partial charge in [0, 0.05) is 24.0 Å². The largest absolute Gasteiger partial charge is 0.497 e. The van der Waals surface area contributed by atoms with Gasteiger partial charge in [-0.15, -0.1) is 0 Å². The number of likely N-dealkylation sites (tertiary alicyclic amines) is 1. The van der Waals surface area contributed by atoms with Gasteiger partial charge in [0.2, 0.25) is 0 Å². The number of hydrogen-bond donors (Lipinski definition) is 0. The molecule has 0 aromatic heterocycles. The van der Waals surface area contributed by atoms with Crippen LogP contribution in [0.1, 0.15) is 16.8 Å². The molecule has 2 rings (SSSR count). The van der Waals surface area contributed by atoms with Gasteiger partial charge in [-0.25, -0.2) is 0 Å². The molecule has 1 unspecified atom stereocenters. The van der Waals surface area contributed by atoms with Gasteiger partial charge in [0.15, 0.2) is 0 Å². The second kappa shape index (κ2) is 5.61. The van der Waals surface area contributed by atoms with Gasteiger partial charge in [-0.05, 0) is 18.6 Å². The molecular formula is C13H16BrNO3. The summed E-state index contributed by atoms with van der Waals surface area (Å²) in [5.41, 5.74) is 0.583. The molecule has 5 heteroatoms. The molecule has 1 aliphatic heterocycles. The molecule has 0 radical (unpaired) electrons. The van der Waals surface area contributed by atoms with E-state index in [1.165, 1.54) is 0 Å². The highest BCUT2D eigenvalue weighted by Gasteiger charge is 2.27. The first-order chi connectivity index (χ1) is 8.65. The molecule has 18 heavy (non-hydrogen) atoms. The van der Waals surface area contributed by atoms with Crippen molar-refractivity contribution in [3.8, 4) is 11.5 Å². The quantitative estimate of drug-likeness (QED) is 0.804. The number of halogens is 1. The third kappa shape index (κ3) is 2.61. The first kappa shape index (κ1) is 13.2. The van der Waals surface area contributed by atoms with Crippen molar-refractivity contribution in [2.24, 2.45) is 0 Å². The van der Waals surface area contributed by atoms with E-state index >= 15 is 0 Å². The van der Waals surface area contributed by atoms with E-state index in [1.807, 2.05) is 4.90 Å². The van der Waals surface area contributed by atoms with Crippen molar-refractivity contribution in [2.75, 3.05) is 27.3 Å². The summed E-state index contributed by atoms with van der Waals surface area (Å²) in [6, 6.07) is 5.26. The Bertz CT molecular complexity index is 450. The van der Waals surface area contributed by atoms with Gasteiger partial charge < -0.3 is 14.4 Å².